The van der Waals surface area contributed by atoms with E-state index in [1.54, 1.807) is 0 Å². The van der Waals surface area contributed by atoms with Crippen molar-refractivity contribution in [1.82, 2.24) is 0 Å². The Bertz CT molecular complexity index is 191. The molecule has 0 aliphatic heterocycles. The van der Waals surface area contributed by atoms with Crippen LogP contribution in [0.3, 0.4) is 0 Å². The first kappa shape index (κ1) is 19.2. The van der Waals surface area contributed by atoms with E-state index in [4.69, 9.17) is 4.43 Å². The summed E-state index contributed by atoms with van der Waals surface area (Å²) in [5.74, 6) is 1.49. The molecular formula is C17H38OSi. The Morgan fingerprint density at radius 2 is 1.32 bits per heavy atom. The van der Waals surface area contributed by atoms with Crippen LogP contribution >= 0.6 is 0 Å². The lowest BCUT2D eigenvalue weighted by Crippen LogP contribution is -2.35. The van der Waals surface area contributed by atoms with E-state index >= 15 is 0 Å². The summed E-state index contributed by atoms with van der Waals surface area (Å²) in [4.78, 5) is 0. The van der Waals surface area contributed by atoms with E-state index in [1.165, 1.54) is 57.8 Å². The number of unbranched alkanes of at least 4 members (excludes halogenated alkanes) is 5. The molecule has 0 saturated carbocycles. The van der Waals surface area contributed by atoms with Crippen molar-refractivity contribution in [2.24, 2.45) is 11.8 Å². The number of hydrogen-bond donors (Lipinski definition) is 0. The predicted octanol–water partition coefficient (Wildman–Crippen LogP) is 4.87. The minimum atomic E-state index is 0.194. The molecule has 0 fully saturated rings. The molecule has 19 heavy (non-hydrogen) atoms. The fourth-order valence-corrected chi connectivity index (χ4v) is 3.81. The van der Waals surface area contributed by atoms with Gasteiger partial charge in [-0.25, -0.2) is 0 Å². The third kappa shape index (κ3) is 9.67. The Balaban J connectivity index is 4.16. The predicted molar refractivity (Wildman–Crippen MR) is 90.7 cm³/mol. The van der Waals surface area contributed by atoms with Gasteiger partial charge in [-0.1, -0.05) is 73.1 Å². The summed E-state index contributed by atoms with van der Waals surface area (Å²) < 4.78 is 6.13. The van der Waals surface area contributed by atoms with Crippen molar-refractivity contribution in [1.29, 1.82) is 0 Å². The Morgan fingerprint density at radius 1 is 0.842 bits per heavy atom. The van der Waals surface area contributed by atoms with Crippen molar-refractivity contribution in [2.75, 3.05) is 0 Å². The van der Waals surface area contributed by atoms with Crippen molar-refractivity contribution in [2.45, 2.75) is 98.0 Å². The van der Waals surface area contributed by atoms with Crippen LogP contribution in [-0.4, -0.2) is 16.1 Å². The maximum atomic E-state index is 6.13. The second-order valence-electron chi connectivity index (χ2n) is 7.10. The average molecular weight is 287 g/mol. The van der Waals surface area contributed by atoms with E-state index in [0.717, 1.165) is 22.3 Å². The topological polar surface area (TPSA) is 9.23 Å². The zero-order valence-corrected chi connectivity index (χ0v) is 16.4. The molecule has 0 atom stereocenters. The third-order valence-electron chi connectivity index (χ3n) is 3.98. The van der Waals surface area contributed by atoms with Crippen LogP contribution in [0.15, 0.2) is 0 Å². The van der Waals surface area contributed by atoms with Crippen LogP contribution in [0.1, 0.15) is 92.4 Å². The second kappa shape index (κ2) is 10.9. The molecule has 0 amide bonds. The number of hydrogen-bond acceptors (Lipinski definition) is 1. The molecule has 0 aliphatic rings. The zero-order valence-electron chi connectivity index (χ0n) is 14.4. The summed E-state index contributed by atoms with van der Waals surface area (Å²) >= 11 is 0. The molecule has 0 spiro atoms. The monoisotopic (exact) mass is 286 g/mol. The van der Waals surface area contributed by atoms with Crippen LogP contribution < -0.4 is 0 Å². The summed E-state index contributed by atoms with van der Waals surface area (Å²) in [5.41, 5.74) is 0.194. The van der Waals surface area contributed by atoms with Gasteiger partial charge in [0.05, 0.1) is 5.60 Å². The molecule has 0 aliphatic carbocycles. The van der Waals surface area contributed by atoms with Gasteiger partial charge < -0.3 is 4.43 Å². The van der Waals surface area contributed by atoms with E-state index in [1.807, 2.05) is 0 Å². The van der Waals surface area contributed by atoms with Gasteiger partial charge in [0.2, 0.25) is 0 Å². The Labute approximate surface area is 125 Å². The molecule has 0 saturated heterocycles. The molecular weight excluding hydrogens is 248 g/mol. The molecule has 0 radical (unpaired) electrons. The molecule has 0 bridgehead atoms. The average Bonchev–Trinajstić information content (AvgIpc) is 2.31. The Kier molecular flexibility index (Phi) is 11.0. The highest BCUT2D eigenvalue weighted by atomic mass is 28.2. The molecule has 1 nitrogen and oxygen atoms in total. The summed E-state index contributed by atoms with van der Waals surface area (Å²) in [5, 5.41) is 0. The number of rotatable bonds is 12. The highest BCUT2D eigenvalue weighted by Gasteiger charge is 2.30. The highest BCUT2D eigenvalue weighted by molar-refractivity contribution is 5.98. The lowest BCUT2D eigenvalue weighted by atomic mass is 9.81. The fraction of sp³-hybridized carbons (Fsp3) is 1.00. The minimum absolute atomic E-state index is 0.194. The first-order valence-corrected chi connectivity index (χ1v) is 9.32. The van der Waals surface area contributed by atoms with Crippen LogP contribution in [0, 0.1) is 11.8 Å². The molecule has 0 aromatic carbocycles. The molecule has 2 heteroatoms. The van der Waals surface area contributed by atoms with Gasteiger partial charge in [-0.2, -0.15) is 0 Å². The van der Waals surface area contributed by atoms with Crippen molar-refractivity contribution >= 4 is 10.5 Å². The van der Waals surface area contributed by atoms with Gasteiger partial charge in [-0.15, -0.1) is 0 Å². The quantitative estimate of drug-likeness (QED) is 0.367. The van der Waals surface area contributed by atoms with Gasteiger partial charge >= 0.3 is 0 Å². The van der Waals surface area contributed by atoms with Crippen LogP contribution in [0.2, 0.25) is 0 Å². The van der Waals surface area contributed by atoms with E-state index < -0.39 is 0 Å². The molecule has 0 aromatic rings. The van der Waals surface area contributed by atoms with E-state index in [9.17, 15) is 0 Å². The first-order valence-electron chi connectivity index (χ1n) is 8.51. The fourth-order valence-electron chi connectivity index (χ4n) is 3.27. The van der Waals surface area contributed by atoms with Gasteiger partial charge in [-0.05, 0) is 31.1 Å². The zero-order chi connectivity index (χ0) is 14.7. The van der Waals surface area contributed by atoms with Gasteiger partial charge in [0.15, 0.2) is 0 Å². The first-order chi connectivity index (χ1) is 8.95. The van der Waals surface area contributed by atoms with Crippen molar-refractivity contribution < 1.29 is 4.43 Å². The van der Waals surface area contributed by atoms with Gasteiger partial charge in [-0.3, -0.25) is 0 Å². The van der Waals surface area contributed by atoms with E-state index in [-0.39, 0.29) is 5.60 Å². The van der Waals surface area contributed by atoms with E-state index in [2.05, 4.69) is 34.6 Å². The van der Waals surface area contributed by atoms with Crippen LogP contribution in [0.4, 0.5) is 0 Å². The van der Waals surface area contributed by atoms with Crippen LogP contribution in [0.5, 0.6) is 0 Å². The summed E-state index contributed by atoms with van der Waals surface area (Å²) in [6.07, 6.45) is 12.1. The van der Waals surface area contributed by atoms with Gasteiger partial charge in [0.25, 0.3) is 0 Å². The maximum Gasteiger partial charge on any atom is 0.146 e. The molecule has 0 aromatic heterocycles. The molecule has 0 N–H and O–H groups in total. The largest absolute Gasteiger partial charge is 0.422 e. The Morgan fingerprint density at radius 3 is 1.74 bits per heavy atom. The standard InChI is InChI=1S/C17H38OSi/c1-6-7-8-9-10-11-12-17(18-19,13-15(2)3)14-16(4)5/h15-16H,6-14H2,1-5,19H3. The lowest BCUT2D eigenvalue weighted by Gasteiger charge is -2.36. The lowest BCUT2D eigenvalue weighted by molar-refractivity contribution is 0.0237. The molecule has 0 unspecified atom stereocenters. The second-order valence-corrected chi connectivity index (χ2v) is 7.51. The van der Waals surface area contributed by atoms with Gasteiger partial charge in [0.1, 0.15) is 10.5 Å². The smallest absolute Gasteiger partial charge is 0.146 e. The van der Waals surface area contributed by atoms with Gasteiger partial charge in [0, 0.05) is 0 Å². The molecule has 0 heterocycles. The van der Waals surface area contributed by atoms with Crippen molar-refractivity contribution in [3.8, 4) is 0 Å². The highest BCUT2D eigenvalue weighted by Crippen LogP contribution is 2.33. The summed E-state index contributed by atoms with van der Waals surface area (Å²) in [6, 6.07) is 0. The van der Waals surface area contributed by atoms with E-state index in [0.29, 0.717) is 0 Å². The molecule has 116 valence electrons. The van der Waals surface area contributed by atoms with Crippen LogP contribution in [-0.2, 0) is 4.43 Å². The Hall–Kier alpha value is 0.177. The summed E-state index contributed by atoms with van der Waals surface area (Å²) in [7, 11) is 0.877. The minimum Gasteiger partial charge on any atom is -0.422 e. The summed E-state index contributed by atoms with van der Waals surface area (Å²) in [6.45, 7) is 11.6. The third-order valence-corrected chi connectivity index (χ3v) is 4.85. The van der Waals surface area contributed by atoms with Crippen molar-refractivity contribution in [3.05, 3.63) is 0 Å². The SMILES string of the molecule is CCCCCCCCC(CC(C)C)(CC(C)C)O[SiH3]. The maximum absolute atomic E-state index is 6.13. The normalized spacial score (nSPS) is 12.8. The van der Waals surface area contributed by atoms with Crippen LogP contribution in [0.25, 0.3) is 0 Å². The molecule has 0 rings (SSSR count). The van der Waals surface area contributed by atoms with Crippen molar-refractivity contribution in [3.63, 3.8) is 0 Å².